The highest BCUT2D eigenvalue weighted by Gasteiger charge is 2.63. The number of benzene rings is 2. The van der Waals surface area contributed by atoms with E-state index in [1.807, 2.05) is 89.4 Å². The molecule has 33 heteroatoms. The number of hydrogen-bond donors (Lipinski definition) is 8. The molecule has 654 valence electrons. The summed E-state index contributed by atoms with van der Waals surface area (Å²) in [6, 6.07) is 7.45. The van der Waals surface area contributed by atoms with E-state index in [0.717, 1.165) is 112 Å². The monoisotopic (exact) mass is 1760 g/mol. The number of nitrogens with two attached hydrogens (primary N) is 1. The minimum atomic E-state index is -1.23. The van der Waals surface area contributed by atoms with Gasteiger partial charge < -0.3 is 90.4 Å². The molecule has 6 fully saturated rings. The van der Waals surface area contributed by atoms with Gasteiger partial charge in [-0.3, -0.25) is 24.0 Å². The Bertz CT molecular complexity index is 4550. The van der Waals surface area contributed by atoms with Crippen molar-refractivity contribution in [2.24, 2.45) is 17.6 Å². The number of anilines is 1. The predicted octanol–water partition coefficient (Wildman–Crippen LogP) is 12.1. The molecule has 4 saturated carbocycles. The zero-order valence-corrected chi connectivity index (χ0v) is 74.1. The molecule has 6 amide bonds. The van der Waals surface area contributed by atoms with Crippen LogP contribution in [-0.2, 0) is 47.7 Å². The van der Waals surface area contributed by atoms with Gasteiger partial charge >= 0.3 is 24.1 Å². The normalized spacial score (nSPS) is 25.1. The Hall–Kier alpha value is -9.47. The Balaban J connectivity index is 0.000000225. The molecule has 0 radical (unpaired) electrons. The zero-order valence-electron chi connectivity index (χ0n) is 70.9. The van der Waals surface area contributed by atoms with E-state index in [9.17, 15) is 43.2 Å². The first-order chi connectivity index (χ1) is 57.4. The highest BCUT2D eigenvalue weighted by atomic mass is 79.9. The third-order valence-corrected chi connectivity index (χ3v) is 24.1. The van der Waals surface area contributed by atoms with E-state index in [4.69, 9.17) is 58.7 Å². The van der Waals surface area contributed by atoms with Gasteiger partial charge in [0.2, 0.25) is 23.6 Å². The Kier molecular flexibility index (Phi) is 33.1. The van der Waals surface area contributed by atoms with Crippen molar-refractivity contribution in [2.75, 3.05) is 52.2 Å². The number of Topliss-reactive ketones (excluding diaryl/α,β-unsaturated/α-hetero) is 1. The number of thiocarbonyl (C=S) groups is 1. The predicted molar refractivity (Wildman–Crippen MR) is 463 cm³/mol. The van der Waals surface area contributed by atoms with Gasteiger partial charge in [0.05, 0.1) is 63.6 Å². The molecule has 120 heavy (non-hydrogen) atoms. The first-order valence-corrected chi connectivity index (χ1v) is 44.4. The standard InChI is InChI=1S/C42H54N6O8S.C38H47BrN4O9.C4H10N2S.C3H8O/c1-24(2)43-40-45-32(23-57-40)31-20-35(29-17-18-34(53-4)25(3)36(29)44-31)55-28-19-33-37(49)47-42(39(51)54-5)21-26(42)13-9-7-6-8-10-16-30(38(50)48(33)22-28)46-41(52)56-27-14-11-12-15-27;1-22-31(49-2)16-15-26-32(18-28(30(44)20-39)40-33(22)26)51-25-17-29-34(45)42-38(36(47)50-3)19-23(38)11-7-5-4-6-8-14-27(35(46)43(29)21-25)41-37(48)52-24-12-9-10-13-24;1-3(2)6-4(5)7;1-3(2)4/h9,13,17-18,20,23-24,26-28,30,33H,6-8,10-12,14-16,19,21-22H2,1-5H3,(H,43,45)(H,46,52)(H,47,49);7,11,15-16,18,23-25,27,29H,4-6,8-10,12-14,17,19-21H2,1-3H3,(H,41,48)(H,42,45);3H,1-2H3,(H3,5,6,7);3-4H,1-2H3/b13-9-;11-7-;;/t26?,28-,30+,33+,42-;23?,25-,27+,29+,38-;;/m11../s1. The molecule has 0 bridgehead atoms. The van der Waals surface area contributed by atoms with Crippen LogP contribution in [0.5, 0.6) is 23.0 Å². The summed E-state index contributed by atoms with van der Waals surface area (Å²) in [6.45, 7) is 15.4. The minimum Gasteiger partial charge on any atom is -0.496 e. The summed E-state index contributed by atoms with van der Waals surface area (Å²) in [4.78, 5) is 141. The number of rotatable bonds is 18. The summed E-state index contributed by atoms with van der Waals surface area (Å²) in [6.07, 6.45) is 20.1. The quantitative estimate of drug-likeness (QED) is 0.0101. The molecule has 9 N–H and O–H groups in total. The maximum absolute atomic E-state index is 14.7. The molecule has 7 heterocycles. The number of alkyl halides is 1. The van der Waals surface area contributed by atoms with Crippen molar-refractivity contribution in [3.8, 4) is 34.4 Å². The number of ether oxygens (including phenoxy) is 8. The van der Waals surface area contributed by atoms with Gasteiger partial charge in [0.1, 0.15) is 94.0 Å². The molecule has 2 unspecified atom stereocenters. The number of aliphatic hydroxyl groups excluding tert-OH is 1. The Morgan fingerprint density at radius 2 is 1.04 bits per heavy atom. The number of allylic oxidation sites excluding steroid dienone is 2. The van der Waals surface area contributed by atoms with Gasteiger partial charge in [0.25, 0.3) is 0 Å². The number of aliphatic hydroxyl groups is 1. The number of nitrogens with zero attached hydrogens (tertiary/aromatic N) is 5. The molecule has 2 saturated heterocycles. The average molecular weight is 1770 g/mol. The summed E-state index contributed by atoms with van der Waals surface area (Å²) in [5.74, 6) is -1.45. The maximum Gasteiger partial charge on any atom is 0.408 e. The number of pyridine rings is 2. The number of aryl methyl sites for hydroxylation is 2. The molecule has 8 aliphatic rings. The zero-order chi connectivity index (χ0) is 86.7. The molecule has 3 aromatic heterocycles. The molecule has 5 aromatic rings. The fraction of sp³-hybridized carbons (Fsp3) is 0.598. The summed E-state index contributed by atoms with van der Waals surface area (Å²) in [5, 5.41) is 30.4. The number of aromatic nitrogens is 3. The lowest BCUT2D eigenvalue weighted by molar-refractivity contribution is -0.148. The van der Waals surface area contributed by atoms with Crippen molar-refractivity contribution in [1.82, 2.24) is 51.3 Å². The van der Waals surface area contributed by atoms with Crippen LogP contribution in [0.1, 0.15) is 204 Å². The molecule has 10 atom stereocenters. The lowest BCUT2D eigenvalue weighted by Crippen LogP contribution is -2.56. The van der Waals surface area contributed by atoms with Crippen molar-refractivity contribution in [1.29, 1.82) is 0 Å². The van der Waals surface area contributed by atoms with Crippen molar-refractivity contribution < 1.29 is 86.2 Å². The third kappa shape index (κ3) is 23.8. The van der Waals surface area contributed by atoms with Gasteiger partial charge in [0, 0.05) is 82.3 Å². The van der Waals surface area contributed by atoms with E-state index < -0.39 is 95.2 Å². The van der Waals surface area contributed by atoms with Crippen LogP contribution in [0.25, 0.3) is 33.2 Å². The minimum absolute atomic E-state index is 0.0159. The number of ketones is 1. The molecule has 4 aliphatic heterocycles. The van der Waals surface area contributed by atoms with Crippen LogP contribution in [0.4, 0.5) is 14.7 Å². The number of carbonyl (C=O) groups is 9. The Labute approximate surface area is 719 Å². The molecule has 4 aliphatic carbocycles. The molecule has 0 spiro atoms. The van der Waals surface area contributed by atoms with Crippen molar-refractivity contribution in [3.05, 3.63) is 82.9 Å². The molecule has 2 aromatic carbocycles. The fourth-order valence-electron chi connectivity index (χ4n) is 16.4. The van der Waals surface area contributed by atoms with Crippen LogP contribution >= 0.6 is 39.5 Å². The van der Waals surface area contributed by atoms with Crippen molar-refractivity contribution in [3.63, 3.8) is 0 Å². The van der Waals surface area contributed by atoms with Gasteiger partial charge in [-0.05, 0) is 195 Å². The van der Waals surface area contributed by atoms with E-state index in [1.165, 1.54) is 35.4 Å². The lowest BCUT2D eigenvalue weighted by atomic mass is 10.0. The molecule has 13 rings (SSSR count). The summed E-state index contributed by atoms with van der Waals surface area (Å²) in [7, 11) is 5.77. The first kappa shape index (κ1) is 92.8. The van der Waals surface area contributed by atoms with E-state index in [0.29, 0.717) is 100 Å². The van der Waals surface area contributed by atoms with Crippen LogP contribution in [0, 0.1) is 25.7 Å². The van der Waals surface area contributed by atoms with Crippen molar-refractivity contribution >= 4 is 125 Å². The van der Waals surface area contributed by atoms with Gasteiger partial charge in [-0.2, -0.15) is 0 Å². The summed E-state index contributed by atoms with van der Waals surface area (Å²) in [5.41, 5.74) is 6.87. The number of methoxy groups -OCH3 is 4. The molecular formula is C87H119BrN12O18S2. The number of fused-ring (bicyclic) bond motifs is 6. The number of alkyl carbamates (subject to hydrolysis) is 2. The summed E-state index contributed by atoms with van der Waals surface area (Å²) < 4.78 is 46.2. The summed E-state index contributed by atoms with van der Waals surface area (Å²) >= 11 is 9.26. The van der Waals surface area contributed by atoms with E-state index in [2.05, 4.69) is 65.0 Å². The van der Waals surface area contributed by atoms with Gasteiger partial charge in [-0.15, -0.1) is 11.3 Å². The second kappa shape index (κ2) is 42.8. The number of amides is 6. The van der Waals surface area contributed by atoms with Crippen LogP contribution in [-0.4, -0.2) is 213 Å². The number of halogens is 1. The van der Waals surface area contributed by atoms with Crippen molar-refractivity contribution in [2.45, 2.75) is 274 Å². The number of thiazole rings is 1. The topological polar surface area (TPSA) is 391 Å². The van der Waals surface area contributed by atoms with Crippen LogP contribution in [0.2, 0.25) is 0 Å². The highest BCUT2D eigenvalue weighted by Crippen LogP contribution is 2.48. The highest BCUT2D eigenvalue weighted by molar-refractivity contribution is 9.09. The number of hydrogen-bond acceptors (Lipinski definition) is 24. The Morgan fingerprint density at radius 3 is 1.45 bits per heavy atom. The molecular weight excluding hydrogens is 1650 g/mol. The number of nitrogens with one attached hydrogen (secondary N) is 6. The average Bonchev–Trinajstić information content (AvgIpc) is 1.56. The first-order valence-electron chi connectivity index (χ1n) is 42.0. The van der Waals surface area contributed by atoms with E-state index >= 15 is 0 Å². The van der Waals surface area contributed by atoms with E-state index in [-0.39, 0.29) is 78.9 Å². The SMILES string of the molecule is CC(C)NC(N)=S.CC(C)O.COC(=O)[C@@]12CC1/C=C\CCCCC[C@H](NC(=O)OC1CCCC1)C(=O)N1C[C@H](Oc3cc(-c4csc(NC(C)C)n4)nc4c(C)c(OC)ccc34)C[C@H]1C(=O)N2.COC(=O)[C@@]12CC1/C=C\CCCCC[C@H](NC(=O)OC1CCCC1)C(=O)N1C[C@H](Oc3cc(C(=O)CBr)nc4c(C)c(OC)ccc34)C[C@H]1C(=O)N2. The number of esters is 2. The van der Waals surface area contributed by atoms with Gasteiger partial charge in [-0.1, -0.05) is 65.9 Å². The van der Waals surface area contributed by atoms with Crippen LogP contribution in [0.3, 0.4) is 0 Å². The fourth-order valence-corrected chi connectivity index (χ4v) is 17.8. The smallest absolute Gasteiger partial charge is 0.408 e. The van der Waals surface area contributed by atoms with Crippen LogP contribution in [0.15, 0.2) is 66.1 Å². The van der Waals surface area contributed by atoms with E-state index in [1.54, 1.807) is 46.3 Å². The molecule has 30 nitrogen and oxygen atoms in total. The largest absolute Gasteiger partial charge is 0.496 e. The third-order valence-electron chi connectivity index (χ3n) is 22.7. The van der Waals surface area contributed by atoms with Gasteiger partial charge in [-0.25, -0.2) is 34.1 Å². The second-order valence-corrected chi connectivity index (χ2v) is 34.7. The van der Waals surface area contributed by atoms with Gasteiger partial charge in [0.15, 0.2) is 16.0 Å². The lowest BCUT2D eigenvalue weighted by Gasteiger charge is -2.29. The Morgan fingerprint density at radius 1 is 0.600 bits per heavy atom. The second-order valence-electron chi connectivity index (χ2n) is 32.9. The maximum atomic E-state index is 14.7. The number of carbonyl (C=O) groups excluding carboxylic acids is 9. The van der Waals surface area contributed by atoms with Crippen LogP contribution < -0.4 is 56.6 Å².